The molecule has 0 bridgehead atoms. The van der Waals surface area contributed by atoms with Crippen LogP contribution in [0.4, 0.5) is 0 Å². The van der Waals surface area contributed by atoms with Crippen LogP contribution in [-0.2, 0) is 4.74 Å². The van der Waals surface area contributed by atoms with E-state index in [9.17, 15) is 0 Å². The maximum Gasteiger partial charge on any atom is 0.0708 e. The van der Waals surface area contributed by atoms with Crippen molar-refractivity contribution in [1.29, 1.82) is 0 Å². The number of fused-ring (bicyclic) bond motifs is 1. The number of ether oxygens (including phenoxy) is 1. The standard InChI is InChI=1S/C16H23N3O/c1-11(8-9-20-3)16(19-17)14-10-12(2)18-15-7-5-4-6-13(14)15/h4-7,10-11,16,19H,8-9,17H2,1-3H3. The quantitative estimate of drug-likeness (QED) is 0.627. The topological polar surface area (TPSA) is 60.2 Å². The van der Waals surface area contributed by atoms with E-state index < -0.39 is 0 Å². The minimum absolute atomic E-state index is 0.0942. The summed E-state index contributed by atoms with van der Waals surface area (Å²) in [4.78, 5) is 4.58. The number of rotatable bonds is 6. The molecule has 1 aromatic carbocycles. The summed E-state index contributed by atoms with van der Waals surface area (Å²) >= 11 is 0. The highest BCUT2D eigenvalue weighted by Crippen LogP contribution is 2.30. The minimum Gasteiger partial charge on any atom is -0.385 e. The lowest BCUT2D eigenvalue weighted by atomic mass is 9.90. The molecule has 0 spiro atoms. The summed E-state index contributed by atoms with van der Waals surface area (Å²) < 4.78 is 5.17. The van der Waals surface area contributed by atoms with Crippen molar-refractivity contribution in [1.82, 2.24) is 10.4 Å². The second-order valence-electron chi connectivity index (χ2n) is 5.27. The molecule has 0 aliphatic heterocycles. The molecular weight excluding hydrogens is 250 g/mol. The molecule has 108 valence electrons. The Labute approximate surface area is 120 Å². The number of methoxy groups -OCH3 is 1. The number of para-hydroxylation sites is 1. The molecule has 0 aliphatic rings. The molecule has 2 aromatic rings. The van der Waals surface area contributed by atoms with Gasteiger partial charge in [0.1, 0.15) is 0 Å². The Morgan fingerprint density at radius 3 is 2.80 bits per heavy atom. The Morgan fingerprint density at radius 2 is 2.10 bits per heavy atom. The van der Waals surface area contributed by atoms with E-state index in [-0.39, 0.29) is 6.04 Å². The third-order valence-electron chi connectivity index (χ3n) is 3.74. The average Bonchev–Trinajstić information content (AvgIpc) is 2.45. The number of hydrogen-bond acceptors (Lipinski definition) is 4. The molecule has 20 heavy (non-hydrogen) atoms. The van der Waals surface area contributed by atoms with Gasteiger partial charge >= 0.3 is 0 Å². The zero-order chi connectivity index (χ0) is 14.5. The highest BCUT2D eigenvalue weighted by molar-refractivity contribution is 5.82. The monoisotopic (exact) mass is 273 g/mol. The fourth-order valence-corrected chi connectivity index (χ4v) is 2.63. The van der Waals surface area contributed by atoms with Crippen molar-refractivity contribution in [3.05, 3.63) is 41.6 Å². The molecular formula is C16H23N3O. The van der Waals surface area contributed by atoms with Crippen LogP contribution in [0.3, 0.4) is 0 Å². The largest absolute Gasteiger partial charge is 0.385 e. The number of hydrazine groups is 1. The van der Waals surface area contributed by atoms with Gasteiger partial charge in [-0.15, -0.1) is 0 Å². The van der Waals surface area contributed by atoms with Gasteiger partial charge in [0.05, 0.1) is 5.52 Å². The first-order chi connectivity index (χ1) is 9.67. The zero-order valence-corrected chi connectivity index (χ0v) is 12.4. The Bertz CT molecular complexity index is 571. The number of hydrogen-bond donors (Lipinski definition) is 2. The maximum absolute atomic E-state index is 5.81. The van der Waals surface area contributed by atoms with E-state index in [0.717, 1.165) is 29.6 Å². The lowest BCUT2D eigenvalue weighted by Crippen LogP contribution is -2.33. The Hall–Kier alpha value is -1.49. The van der Waals surface area contributed by atoms with Gasteiger partial charge in [0, 0.05) is 30.8 Å². The molecule has 4 nitrogen and oxygen atoms in total. The molecule has 0 radical (unpaired) electrons. The van der Waals surface area contributed by atoms with E-state index >= 15 is 0 Å². The van der Waals surface area contributed by atoms with Gasteiger partial charge in [-0.3, -0.25) is 16.3 Å². The summed E-state index contributed by atoms with van der Waals surface area (Å²) in [5.74, 6) is 6.19. The van der Waals surface area contributed by atoms with E-state index in [4.69, 9.17) is 10.6 Å². The van der Waals surface area contributed by atoms with Crippen molar-refractivity contribution in [2.75, 3.05) is 13.7 Å². The lowest BCUT2D eigenvalue weighted by Gasteiger charge is -2.25. The van der Waals surface area contributed by atoms with Crippen LogP contribution in [0.2, 0.25) is 0 Å². The van der Waals surface area contributed by atoms with Crippen LogP contribution in [0, 0.1) is 12.8 Å². The van der Waals surface area contributed by atoms with Gasteiger partial charge in [-0.25, -0.2) is 0 Å². The molecule has 1 aromatic heterocycles. The van der Waals surface area contributed by atoms with Gasteiger partial charge in [0.25, 0.3) is 0 Å². The van der Waals surface area contributed by atoms with Crippen LogP contribution in [0.15, 0.2) is 30.3 Å². The number of benzene rings is 1. The van der Waals surface area contributed by atoms with E-state index in [2.05, 4.69) is 29.5 Å². The molecule has 0 saturated carbocycles. The number of pyridine rings is 1. The Morgan fingerprint density at radius 1 is 1.35 bits per heavy atom. The normalized spacial score (nSPS) is 14.4. The predicted molar refractivity (Wildman–Crippen MR) is 82.2 cm³/mol. The molecule has 0 aliphatic carbocycles. The van der Waals surface area contributed by atoms with Crippen LogP contribution >= 0.6 is 0 Å². The summed E-state index contributed by atoms with van der Waals surface area (Å²) in [7, 11) is 1.73. The highest BCUT2D eigenvalue weighted by atomic mass is 16.5. The van der Waals surface area contributed by atoms with Crippen molar-refractivity contribution in [2.45, 2.75) is 26.3 Å². The first-order valence-corrected chi connectivity index (χ1v) is 6.98. The Balaban J connectivity index is 2.43. The molecule has 1 heterocycles. The first kappa shape index (κ1) is 14.9. The fraction of sp³-hybridized carbons (Fsp3) is 0.438. The molecule has 3 N–H and O–H groups in total. The summed E-state index contributed by atoms with van der Waals surface area (Å²) in [5, 5.41) is 1.16. The molecule has 0 saturated heterocycles. The fourth-order valence-electron chi connectivity index (χ4n) is 2.63. The average molecular weight is 273 g/mol. The van der Waals surface area contributed by atoms with Crippen LogP contribution in [0.25, 0.3) is 10.9 Å². The van der Waals surface area contributed by atoms with E-state index in [0.29, 0.717) is 5.92 Å². The minimum atomic E-state index is 0.0942. The summed E-state index contributed by atoms with van der Waals surface area (Å²) in [6, 6.07) is 10.4. The number of nitrogens with zero attached hydrogens (tertiary/aromatic N) is 1. The molecule has 2 atom stereocenters. The van der Waals surface area contributed by atoms with Gasteiger partial charge in [0.2, 0.25) is 0 Å². The number of nitrogens with one attached hydrogen (secondary N) is 1. The SMILES string of the molecule is COCCC(C)C(NN)c1cc(C)nc2ccccc12. The van der Waals surface area contributed by atoms with Crippen LogP contribution < -0.4 is 11.3 Å². The number of aryl methyl sites for hydroxylation is 1. The summed E-state index contributed by atoms with van der Waals surface area (Å²) in [6.07, 6.45) is 0.959. The first-order valence-electron chi connectivity index (χ1n) is 6.98. The van der Waals surface area contributed by atoms with Crippen molar-refractivity contribution < 1.29 is 4.74 Å². The number of nitrogens with two attached hydrogens (primary N) is 1. The molecule has 0 fully saturated rings. The summed E-state index contributed by atoms with van der Waals surface area (Å²) in [5.41, 5.74) is 6.20. The van der Waals surface area contributed by atoms with Gasteiger partial charge in [-0.2, -0.15) is 0 Å². The van der Waals surface area contributed by atoms with Gasteiger partial charge in [0.15, 0.2) is 0 Å². The number of aromatic nitrogens is 1. The predicted octanol–water partition coefficient (Wildman–Crippen LogP) is 2.72. The van der Waals surface area contributed by atoms with Crippen LogP contribution in [-0.4, -0.2) is 18.7 Å². The van der Waals surface area contributed by atoms with E-state index in [1.54, 1.807) is 7.11 Å². The molecule has 4 heteroatoms. The zero-order valence-electron chi connectivity index (χ0n) is 12.4. The highest BCUT2D eigenvalue weighted by Gasteiger charge is 2.20. The molecule has 2 unspecified atom stereocenters. The van der Waals surface area contributed by atoms with E-state index in [1.807, 2.05) is 25.1 Å². The van der Waals surface area contributed by atoms with Gasteiger partial charge in [-0.1, -0.05) is 25.1 Å². The maximum atomic E-state index is 5.81. The third kappa shape index (κ3) is 3.15. The van der Waals surface area contributed by atoms with E-state index in [1.165, 1.54) is 5.56 Å². The van der Waals surface area contributed by atoms with Crippen LogP contribution in [0.1, 0.15) is 30.6 Å². The van der Waals surface area contributed by atoms with Crippen molar-refractivity contribution in [3.63, 3.8) is 0 Å². The second kappa shape index (κ2) is 6.79. The van der Waals surface area contributed by atoms with Crippen LogP contribution in [0.5, 0.6) is 0 Å². The second-order valence-corrected chi connectivity index (χ2v) is 5.27. The van der Waals surface area contributed by atoms with Crippen molar-refractivity contribution in [2.24, 2.45) is 11.8 Å². The Kier molecular flexibility index (Phi) is 5.06. The lowest BCUT2D eigenvalue weighted by molar-refractivity contribution is 0.170. The molecule has 0 amide bonds. The molecule has 2 rings (SSSR count). The van der Waals surface area contributed by atoms with Gasteiger partial charge < -0.3 is 4.74 Å². The summed E-state index contributed by atoms with van der Waals surface area (Å²) in [6.45, 7) is 4.94. The van der Waals surface area contributed by atoms with Crippen molar-refractivity contribution >= 4 is 10.9 Å². The smallest absolute Gasteiger partial charge is 0.0708 e. The third-order valence-corrected chi connectivity index (χ3v) is 3.74. The van der Waals surface area contributed by atoms with Crippen molar-refractivity contribution in [3.8, 4) is 0 Å². The van der Waals surface area contributed by atoms with Gasteiger partial charge in [-0.05, 0) is 37.0 Å².